The third-order valence-corrected chi connectivity index (χ3v) is 3.49. The molecule has 3 atom stereocenters. The summed E-state index contributed by atoms with van der Waals surface area (Å²) in [6.07, 6.45) is -0.662. The van der Waals surface area contributed by atoms with Gasteiger partial charge in [-0.3, -0.25) is 4.79 Å². The highest BCUT2D eigenvalue weighted by Gasteiger charge is 2.28. The average Bonchev–Trinajstić information content (AvgIpc) is 2.51. The Morgan fingerprint density at radius 2 is 1.82 bits per heavy atom. The van der Waals surface area contributed by atoms with E-state index in [0.29, 0.717) is 6.42 Å². The minimum Gasteiger partial charge on any atom is -0.465 e. The molecule has 2 amide bonds. The second-order valence-corrected chi connectivity index (χ2v) is 5.28. The fourth-order valence-electron chi connectivity index (χ4n) is 2.20. The van der Waals surface area contributed by atoms with Crippen LogP contribution in [0.5, 0.6) is 0 Å². The summed E-state index contributed by atoms with van der Waals surface area (Å²) in [5.41, 5.74) is 0.916. The van der Waals surface area contributed by atoms with E-state index in [1.54, 1.807) is 0 Å². The number of amides is 2. The van der Waals surface area contributed by atoms with E-state index in [1.807, 2.05) is 44.2 Å². The van der Waals surface area contributed by atoms with Gasteiger partial charge in [-0.1, -0.05) is 50.1 Å². The maximum atomic E-state index is 12.1. The molecule has 0 bridgehead atoms. The average molecular weight is 308 g/mol. The van der Waals surface area contributed by atoms with E-state index >= 15 is 0 Å². The van der Waals surface area contributed by atoms with Crippen LogP contribution in [0.2, 0.25) is 0 Å². The second kappa shape index (κ2) is 9.04. The molecule has 0 aliphatic heterocycles. The van der Waals surface area contributed by atoms with Crippen molar-refractivity contribution in [2.75, 3.05) is 0 Å². The summed E-state index contributed by atoms with van der Waals surface area (Å²) in [5.74, 6) is -0.578. The van der Waals surface area contributed by atoms with E-state index in [0.717, 1.165) is 18.4 Å². The van der Waals surface area contributed by atoms with Crippen LogP contribution in [0.4, 0.5) is 4.79 Å². The molecule has 0 saturated heterocycles. The Labute approximate surface area is 130 Å². The lowest BCUT2D eigenvalue weighted by molar-refractivity contribution is -0.131. The van der Waals surface area contributed by atoms with Gasteiger partial charge < -0.3 is 20.8 Å². The van der Waals surface area contributed by atoms with Crippen LogP contribution in [0, 0.1) is 0 Å². The van der Waals surface area contributed by atoms with Crippen LogP contribution >= 0.6 is 0 Å². The van der Waals surface area contributed by atoms with Crippen molar-refractivity contribution in [1.82, 2.24) is 10.6 Å². The van der Waals surface area contributed by atoms with Crippen molar-refractivity contribution in [3.63, 3.8) is 0 Å². The van der Waals surface area contributed by atoms with Crippen LogP contribution < -0.4 is 10.6 Å². The summed E-state index contributed by atoms with van der Waals surface area (Å²) < 4.78 is 0. The lowest BCUT2D eigenvalue weighted by atomic mass is 10.0. The molecule has 0 aromatic heterocycles. The van der Waals surface area contributed by atoms with Gasteiger partial charge in [0.1, 0.15) is 0 Å². The van der Waals surface area contributed by atoms with E-state index in [4.69, 9.17) is 5.11 Å². The highest BCUT2D eigenvalue weighted by molar-refractivity contribution is 5.82. The number of aliphatic hydroxyl groups is 1. The maximum absolute atomic E-state index is 12.1. The standard InChI is InChI=1S/C16H24N2O4/c1-3-4-10-13(18-16(21)22)14(19)15(20)17-11(2)12-8-6-5-7-9-12/h5-9,11,13-14,18-19H,3-4,10H2,1-2H3,(H,17,20)(H,21,22)/t11-,13?,14?/m1/s1. The number of unbranched alkanes of at least 4 members (excludes halogenated alkanes) is 1. The fraction of sp³-hybridized carbons (Fsp3) is 0.500. The second-order valence-electron chi connectivity index (χ2n) is 5.28. The molecule has 0 spiro atoms. The molecule has 0 heterocycles. The van der Waals surface area contributed by atoms with Crippen molar-refractivity contribution < 1.29 is 19.8 Å². The number of carboxylic acid groups (broad SMARTS) is 1. The molecular weight excluding hydrogens is 284 g/mol. The Bertz CT molecular complexity index is 478. The molecule has 4 N–H and O–H groups in total. The molecule has 6 nitrogen and oxygen atoms in total. The molecule has 1 rings (SSSR count). The molecule has 2 unspecified atom stereocenters. The van der Waals surface area contributed by atoms with Crippen LogP contribution in [-0.4, -0.2) is 34.4 Å². The quantitative estimate of drug-likeness (QED) is 0.590. The molecule has 0 saturated carbocycles. The van der Waals surface area contributed by atoms with E-state index < -0.39 is 24.1 Å². The number of rotatable bonds is 8. The molecule has 122 valence electrons. The monoisotopic (exact) mass is 308 g/mol. The van der Waals surface area contributed by atoms with Crippen molar-refractivity contribution in [1.29, 1.82) is 0 Å². The van der Waals surface area contributed by atoms with Crippen molar-refractivity contribution in [2.24, 2.45) is 0 Å². The highest BCUT2D eigenvalue weighted by Crippen LogP contribution is 2.12. The predicted octanol–water partition coefficient (Wildman–Crippen LogP) is 2.05. The Morgan fingerprint density at radius 3 is 2.36 bits per heavy atom. The van der Waals surface area contributed by atoms with Gasteiger partial charge in [0.15, 0.2) is 6.10 Å². The van der Waals surface area contributed by atoms with Crippen molar-refractivity contribution in [2.45, 2.75) is 51.3 Å². The van der Waals surface area contributed by atoms with Crippen molar-refractivity contribution >= 4 is 12.0 Å². The Balaban J connectivity index is 2.65. The number of hydrogen-bond acceptors (Lipinski definition) is 3. The molecule has 1 aromatic carbocycles. The minimum absolute atomic E-state index is 0.264. The van der Waals surface area contributed by atoms with E-state index in [9.17, 15) is 14.7 Å². The molecule has 22 heavy (non-hydrogen) atoms. The van der Waals surface area contributed by atoms with Gasteiger partial charge in [-0.2, -0.15) is 0 Å². The summed E-state index contributed by atoms with van der Waals surface area (Å²) >= 11 is 0. The van der Waals surface area contributed by atoms with Gasteiger partial charge in [0.25, 0.3) is 5.91 Å². The van der Waals surface area contributed by atoms with Gasteiger partial charge in [0, 0.05) is 0 Å². The Morgan fingerprint density at radius 1 is 1.18 bits per heavy atom. The SMILES string of the molecule is CCCCC(NC(=O)O)C(O)C(=O)N[C@H](C)c1ccccc1. The topological polar surface area (TPSA) is 98.7 Å². The highest BCUT2D eigenvalue weighted by atomic mass is 16.4. The summed E-state index contributed by atoms with van der Waals surface area (Å²) in [5, 5.41) is 23.8. The van der Waals surface area contributed by atoms with Gasteiger partial charge >= 0.3 is 6.09 Å². The molecule has 1 aromatic rings. The molecule has 6 heteroatoms. The first-order chi connectivity index (χ1) is 10.5. The van der Waals surface area contributed by atoms with E-state index in [2.05, 4.69) is 10.6 Å². The first-order valence-corrected chi connectivity index (χ1v) is 7.48. The van der Waals surface area contributed by atoms with Crippen molar-refractivity contribution in [3.8, 4) is 0 Å². The number of carbonyl (C=O) groups excluding carboxylic acids is 1. The smallest absolute Gasteiger partial charge is 0.404 e. The number of nitrogens with one attached hydrogen (secondary N) is 2. The number of hydrogen-bond donors (Lipinski definition) is 4. The molecule has 0 aliphatic carbocycles. The van der Waals surface area contributed by atoms with Gasteiger partial charge in [0.2, 0.25) is 0 Å². The lowest BCUT2D eigenvalue weighted by Crippen LogP contribution is -2.50. The third kappa shape index (κ3) is 5.73. The summed E-state index contributed by atoms with van der Waals surface area (Å²) in [6.45, 7) is 3.77. The zero-order valence-corrected chi connectivity index (χ0v) is 13.0. The molecular formula is C16H24N2O4. The normalized spacial score (nSPS) is 14.7. The first-order valence-electron chi connectivity index (χ1n) is 7.48. The van der Waals surface area contributed by atoms with Crippen LogP contribution in [-0.2, 0) is 4.79 Å². The zero-order chi connectivity index (χ0) is 16.5. The summed E-state index contributed by atoms with van der Waals surface area (Å²) in [4.78, 5) is 22.9. The summed E-state index contributed by atoms with van der Waals surface area (Å²) in [7, 11) is 0. The Kier molecular flexibility index (Phi) is 7.39. The van der Waals surface area contributed by atoms with E-state index in [-0.39, 0.29) is 6.04 Å². The predicted molar refractivity (Wildman–Crippen MR) is 83.5 cm³/mol. The van der Waals surface area contributed by atoms with E-state index in [1.165, 1.54) is 0 Å². The Hall–Kier alpha value is -2.08. The number of aliphatic hydroxyl groups excluding tert-OH is 1. The number of carbonyl (C=O) groups is 2. The fourth-order valence-corrected chi connectivity index (χ4v) is 2.20. The van der Waals surface area contributed by atoms with Crippen LogP contribution in [0.1, 0.15) is 44.7 Å². The maximum Gasteiger partial charge on any atom is 0.404 e. The zero-order valence-electron chi connectivity index (χ0n) is 13.0. The van der Waals surface area contributed by atoms with Crippen LogP contribution in [0.15, 0.2) is 30.3 Å². The lowest BCUT2D eigenvalue weighted by Gasteiger charge is -2.24. The third-order valence-electron chi connectivity index (χ3n) is 3.49. The van der Waals surface area contributed by atoms with Crippen LogP contribution in [0.3, 0.4) is 0 Å². The molecule has 0 fully saturated rings. The summed E-state index contributed by atoms with van der Waals surface area (Å²) in [6, 6.07) is 8.29. The van der Waals surface area contributed by atoms with Crippen molar-refractivity contribution in [3.05, 3.63) is 35.9 Å². The van der Waals surface area contributed by atoms with Gasteiger partial charge in [0.05, 0.1) is 12.1 Å². The first kappa shape index (κ1) is 18.0. The largest absolute Gasteiger partial charge is 0.465 e. The van der Waals surface area contributed by atoms with Gasteiger partial charge in [-0.15, -0.1) is 0 Å². The molecule has 0 radical (unpaired) electrons. The van der Waals surface area contributed by atoms with Crippen LogP contribution in [0.25, 0.3) is 0 Å². The molecule has 0 aliphatic rings. The van der Waals surface area contributed by atoms with Gasteiger partial charge in [-0.05, 0) is 18.9 Å². The number of benzene rings is 1. The van der Waals surface area contributed by atoms with Gasteiger partial charge in [-0.25, -0.2) is 4.79 Å². The minimum atomic E-state index is -1.41.